The van der Waals surface area contributed by atoms with E-state index in [2.05, 4.69) is 20.8 Å². The number of unbranched alkanes of at least 4 members (excludes halogenated alkanes) is 2. The van der Waals surface area contributed by atoms with Crippen molar-refractivity contribution in [2.75, 3.05) is 13.2 Å². The minimum absolute atomic E-state index is 0.622. The van der Waals surface area contributed by atoms with Crippen LogP contribution >= 0.6 is 0 Å². The van der Waals surface area contributed by atoms with E-state index < -0.39 is 0 Å². The summed E-state index contributed by atoms with van der Waals surface area (Å²) < 4.78 is 5.45. The highest BCUT2D eigenvalue weighted by Gasteiger charge is 1.96. The van der Waals surface area contributed by atoms with Crippen LogP contribution in [-0.2, 0) is 4.74 Å². The van der Waals surface area contributed by atoms with Crippen molar-refractivity contribution in [2.45, 2.75) is 39.5 Å². The molecule has 0 aromatic carbocycles. The van der Waals surface area contributed by atoms with Gasteiger partial charge in [0.25, 0.3) is 0 Å². The van der Waals surface area contributed by atoms with Gasteiger partial charge in [-0.2, -0.15) is 0 Å². The lowest BCUT2D eigenvalue weighted by atomic mass is 10.1. The number of hydrogen-bond donors (Lipinski definition) is 0. The topological polar surface area (TPSA) is 9.23 Å². The second kappa shape index (κ2) is 8.06. The molecule has 0 saturated carbocycles. The molecule has 11 heavy (non-hydrogen) atoms. The molecule has 0 aromatic rings. The first kappa shape index (κ1) is 11.0. The van der Waals surface area contributed by atoms with Crippen LogP contribution in [0.5, 0.6) is 0 Å². The molecule has 0 aliphatic heterocycles. The molecule has 1 atom stereocenters. The molecule has 0 N–H and O–H groups in total. The van der Waals surface area contributed by atoms with Crippen molar-refractivity contribution in [2.24, 2.45) is 5.92 Å². The van der Waals surface area contributed by atoms with Gasteiger partial charge in [0.2, 0.25) is 0 Å². The maximum atomic E-state index is 5.45. The van der Waals surface area contributed by atoms with E-state index in [-0.39, 0.29) is 0 Å². The van der Waals surface area contributed by atoms with Gasteiger partial charge in [-0.15, -0.1) is 0 Å². The number of rotatable bonds is 7. The molecule has 67 valence electrons. The van der Waals surface area contributed by atoms with E-state index in [0.29, 0.717) is 5.92 Å². The zero-order valence-electron chi connectivity index (χ0n) is 7.94. The Kier molecular flexibility index (Phi) is 8.03. The van der Waals surface area contributed by atoms with Gasteiger partial charge in [-0.05, 0) is 18.8 Å². The van der Waals surface area contributed by atoms with Gasteiger partial charge in [-0.1, -0.05) is 33.6 Å². The van der Waals surface area contributed by atoms with Crippen LogP contribution in [0.1, 0.15) is 39.5 Å². The third kappa shape index (κ3) is 7.86. The first-order valence-electron chi connectivity index (χ1n) is 4.68. The Morgan fingerprint density at radius 1 is 1.36 bits per heavy atom. The Hall–Kier alpha value is -0.0400. The largest absolute Gasteiger partial charge is 0.381 e. The molecule has 1 nitrogen and oxygen atoms in total. The fourth-order valence-electron chi connectivity index (χ4n) is 0.822. The maximum Gasteiger partial charge on any atom is 0.0491 e. The Labute approximate surface area is 71.1 Å². The molecule has 1 heteroatoms. The fraction of sp³-hybridized carbons (Fsp3) is 0.900. The van der Waals surface area contributed by atoms with Gasteiger partial charge in [0, 0.05) is 13.2 Å². The molecule has 1 radical (unpaired) electrons. The monoisotopic (exact) mass is 157 g/mol. The first-order valence-corrected chi connectivity index (χ1v) is 4.68. The van der Waals surface area contributed by atoms with Crippen LogP contribution in [0.4, 0.5) is 0 Å². The first-order chi connectivity index (χ1) is 5.31. The summed E-state index contributed by atoms with van der Waals surface area (Å²) in [4.78, 5) is 0. The Morgan fingerprint density at radius 2 is 2.09 bits per heavy atom. The van der Waals surface area contributed by atoms with Crippen molar-refractivity contribution in [3.63, 3.8) is 0 Å². The molecule has 0 fully saturated rings. The van der Waals surface area contributed by atoms with Crippen molar-refractivity contribution in [3.05, 3.63) is 6.92 Å². The molecule has 0 aromatic heterocycles. The lowest BCUT2D eigenvalue weighted by Gasteiger charge is -2.08. The molecule has 0 amide bonds. The van der Waals surface area contributed by atoms with E-state index in [1.54, 1.807) is 0 Å². The smallest absolute Gasteiger partial charge is 0.0491 e. The van der Waals surface area contributed by atoms with E-state index in [4.69, 9.17) is 4.74 Å². The van der Waals surface area contributed by atoms with Crippen molar-refractivity contribution in [1.82, 2.24) is 0 Å². The second-order valence-corrected chi connectivity index (χ2v) is 3.18. The van der Waals surface area contributed by atoms with Crippen LogP contribution in [0.15, 0.2) is 0 Å². The Morgan fingerprint density at radius 3 is 2.64 bits per heavy atom. The number of hydrogen-bond acceptors (Lipinski definition) is 1. The van der Waals surface area contributed by atoms with E-state index >= 15 is 0 Å². The number of ether oxygens (including phenoxy) is 1. The third-order valence-corrected chi connectivity index (χ3v) is 1.79. The van der Waals surface area contributed by atoms with Crippen LogP contribution in [0.3, 0.4) is 0 Å². The van der Waals surface area contributed by atoms with Gasteiger partial charge in [-0.3, -0.25) is 0 Å². The van der Waals surface area contributed by atoms with E-state index in [1.807, 2.05) is 0 Å². The summed E-state index contributed by atoms with van der Waals surface area (Å²) in [6, 6.07) is 0. The molecular formula is C10H21O. The normalized spacial score (nSPS) is 13.4. The standard InChI is InChI=1S/C10H21O/c1-4-6-7-8-11-9-10(3)5-2/h10H,2,4-9H2,1,3H3. The van der Waals surface area contributed by atoms with Gasteiger partial charge in [0.15, 0.2) is 0 Å². The quantitative estimate of drug-likeness (QED) is 0.516. The van der Waals surface area contributed by atoms with E-state index in [0.717, 1.165) is 19.6 Å². The molecule has 0 spiro atoms. The van der Waals surface area contributed by atoms with Crippen LogP contribution in [-0.4, -0.2) is 13.2 Å². The SMILES string of the molecule is [CH2]CC(C)COCCCCC. The highest BCUT2D eigenvalue weighted by Crippen LogP contribution is 2.01. The summed E-state index contributed by atoms with van der Waals surface area (Å²) in [6.07, 6.45) is 4.75. The summed E-state index contributed by atoms with van der Waals surface area (Å²) in [5.41, 5.74) is 0. The minimum atomic E-state index is 0.622. The predicted molar refractivity (Wildman–Crippen MR) is 49.5 cm³/mol. The average Bonchev–Trinajstić information content (AvgIpc) is 2.04. The van der Waals surface area contributed by atoms with Gasteiger partial charge >= 0.3 is 0 Å². The highest BCUT2D eigenvalue weighted by molar-refractivity contribution is 4.51. The van der Waals surface area contributed by atoms with Crippen molar-refractivity contribution in [3.8, 4) is 0 Å². The summed E-state index contributed by atoms with van der Waals surface area (Å²) in [6.45, 7) is 10.0. The van der Waals surface area contributed by atoms with Crippen molar-refractivity contribution >= 4 is 0 Å². The van der Waals surface area contributed by atoms with Crippen LogP contribution in [0, 0.1) is 12.8 Å². The lowest BCUT2D eigenvalue weighted by molar-refractivity contribution is 0.102. The van der Waals surface area contributed by atoms with Crippen molar-refractivity contribution in [1.29, 1.82) is 0 Å². The lowest BCUT2D eigenvalue weighted by Crippen LogP contribution is -2.05. The summed E-state index contributed by atoms with van der Waals surface area (Å²) in [7, 11) is 0. The summed E-state index contributed by atoms with van der Waals surface area (Å²) in [5.74, 6) is 0.622. The second-order valence-electron chi connectivity index (χ2n) is 3.18. The summed E-state index contributed by atoms with van der Waals surface area (Å²) >= 11 is 0. The fourth-order valence-corrected chi connectivity index (χ4v) is 0.822. The van der Waals surface area contributed by atoms with E-state index in [9.17, 15) is 0 Å². The van der Waals surface area contributed by atoms with Crippen LogP contribution < -0.4 is 0 Å². The van der Waals surface area contributed by atoms with E-state index in [1.165, 1.54) is 19.3 Å². The molecular weight excluding hydrogens is 136 g/mol. The molecule has 0 saturated heterocycles. The Bertz CT molecular complexity index is 71.3. The zero-order valence-corrected chi connectivity index (χ0v) is 7.94. The van der Waals surface area contributed by atoms with Gasteiger partial charge in [0.05, 0.1) is 0 Å². The van der Waals surface area contributed by atoms with Gasteiger partial charge in [-0.25, -0.2) is 0 Å². The molecule has 0 heterocycles. The Balaban J connectivity index is 2.89. The molecule has 1 unspecified atom stereocenters. The average molecular weight is 157 g/mol. The molecule has 0 aliphatic carbocycles. The molecule has 0 rings (SSSR count). The van der Waals surface area contributed by atoms with Crippen molar-refractivity contribution < 1.29 is 4.74 Å². The zero-order chi connectivity index (χ0) is 8.53. The molecule has 0 bridgehead atoms. The molecule has 0 aliphatic rings. The van der Waals surface area contributed by atoms with Gasteiger partial charge in [0.1, 0.15) is 0 Å². The van der Waals surface area contributed by atoms with Crippen LogP contribution in [0.2, 0.25) is 0 Å². The predicted octanol–water partition coefficient (Wildman–Crippen LogP) is 3.05. The van der Waals surface area contributed by atoms with Crippen LogP contribution in [0.25, 0.3) is 0 Å². The third-order valence-electron chi connectivity index (χ3n) is 1.79. The minimum Gasteiger partial charge on any atom is -0.381 e. The highest BCUT2D eigenvalue weighted by atomic mass is 16.5. The van der Waals surface area contributed by atoms with Gasteiger partial charge < -0.3 is 4.74 Å². The summed E-state index contributed by atoms with van der Waals surface area (Å²) in [5, 5.41) is 0. The maximum absolute atomic E-state index is 5.45.